The fourth-order valence-corrected chi connectivity index (χ4v) is 1.46. The van der Waals surface area contributed by atoms with E-state index in [1.165, 1.54) is 0 Å². The zero-order valence-electron chi connectivity index (χ0n) is 13.6. The minimum atomic E-state index is -0.590. The molecule has 0 N–H and O–H groups in total. The van der Waals surface area contributed by atoms with E-state index in [0.717, 1.165) is 18.6 Å². The highest BCUT2D eigenvalue weighted by atomic mass is 16.7. The van der Waals surface area contributed by atoms with Crippen molar-refractivity contribution in [2.24, 2.45) is 5.41 Å². The Morgan fingerprint density at radius 2 is 1.55 bits per heavy atom. The topological polar surface area (TPSA) is 71.1 Å². The molecule has 0 saturated carbocycles. The molecule has 0 rings (SSSR count). The molecular formula is C16H26O6. The zero-order valence-corrected chi connectivity index (χ0v) is 13.6. The third kappa shape index (κ3) is 8.59. The average Bonchev–Trinajstić information content (AvgIpc) is 2.51. The standard InChI is InChI=1S/C16H26O6/c1-6-9-20-15(21-11-10-19-13(17)7-2)16(4,5)12-22-14(18)8-3/h7-8,15H,2-3,6,9-12H2,1,4-5H3. The lowest BCUT2D eigenvalue weighted by molar-refractivity contribution is -0.215. The zero-order chi connectivity index (χ0) is 17.0. The van der Waals surface area contributed by atoms with Crippen molar-refractivity contribution in [3.05, 3.63) is 25.3 Å². The lowest BCUT2D eigenvalue weighted by Crippen LogP contribution is -2.39. The van der Waals surface area contributed by atoms with Crippen molar-refractivity contribution in [1.82, 2.24) is 0 Å². The number of rotatable bonds is 12. The molecule has 0 saturated heterocycles. The first-order valence-corrected chi connectivity index (χ1v) is 7.19. The number of ether oxygens (including phenoxy) is 4. The van der Waals surface area contributed by atoms with Crippen LogP contribution in [0.2, 0.25) is 0 Å². The van der Waals surface area contributed by atoms with Crippen LogP contribution in [0.5, 0.6) is 0 Å². The fourth-order valence-electron chi connectivity index (χ4n) is 1.46. The molecule has 0 aromatic heterocycles. The largest absolute Gasteiger partial charge is 0.462 e. The molecule has 6 nitrogen and oxygen atoms in total. The van der Waals surface area contributed by atoms with E-state index in [9.17, 15) is 9.59 Å². The highest BCUT2D eigenvalue weighted by Crippen LogP contribution is 2.25. The van der Waals surface area contributed by atoms with Crippen LogP contribution in [-0.4, -0.2) is 44.7 Å². The van der Waals surface area contributed by atoms with Crippen molar-refractivity contribution in [3.63, 3.8) is 0 Å². The Kier molecular flexibility index (Phi) is 10.2. The van der Waals surface area contributed by atoms with Crippen molar-refractivity contribution in [1.29, 1.82) is 0 Å². The van der Waals surface area contributed by atoms with E-state index < -0.39 is 23.6 Å². The molecule has 1 unspecified atom stereocenters. The van der Waals surface area contributed by atoms with Gasteiger partial charge in [0.2, 0.25) is 0 Å². The van der Waals surface area contributed by atoms with Crippen molar-refractivity contribution in [3.8, 4) is 0 Å². The minimum absolute atomic E-state index is 0.0966. The molecule has 126 valence electrons. The normalized spacial score (nSPS) is 12.3. The number of carbonyl (C=O) groups excluding carboxylic acids is 2. The van der Waals surface area contributed by atoms with Crippen molar-refractivity contribution in [2.45, 2.75) is 33.5 Å². The average molecular weight is 314 g/mol. The third-order valence-corrected chi connectivity index (χ3v) is 2.63. The van der Waals surface area contributed by atoms with Crippen LogP contribution in [0, 0.1) is 5.41 Å². The molecule has 0 fully saturated rings. The van der Waals surface area contributed by atoms with Gasteiger partial charge in [0.15, 0.2) is 6.29 Å². The van der Waals surface area contributed by atoms with E-state index in [1.54, 1.807) is 0 Å². The second kappa shape index (κ2) is 11.0. The highest BCUT2D eigenvalue weighted by Gasteiger charge is 2.32. The second-order valence-corrected chi connectivity index (χ2v) is 5.25. The van der Waals surface area contributed by atoms with E-state index in [1.807, 2.05) is 20.8 Å². The van der Waals surface area contributed by atoms with Crippen LogP contribution in [-0.2, 0) is 28.5 Å². The molecule has 0 aromatic rings. The summed E-state index contributed by atoms with van der Waals surface area (Å²) in [6.07, 6.45) is 2.43. The van der Waals surface area contributed by atoms with E-state index in [0.29, 0.717) is 6.61 Å². The van der Waals surface area contributed by atoms with E-state index in [2.05, 4.69) is 13.2 Å². The van der Waals surface area contributed by atoms with Crippen molar-refractivity contribution in [2.75, 3.05) is 26.4 Å². The van der Waals surface area contributed by atoms with Crippen LogP contribution in [0.4, 0.5) is 0 Å². The van der Waals surface area contributed by atoms with Gasteiger partial charge in [0.25, 0.3) is 0 Å². The Morgan fingerprint density at radius 3 is 2.09 bits per heavy atom. The third-order valence-electron chi connectivity index (χ3n) is 2.63. The number of hydrogen-bond acceptors (Lipinski definition) is 6. The highest BCUT2D eigenvalue weighted by molar-refractivity contribution is 5.81. The van der Waals surface area contributed by atoms with E-state index in [-0.39, 0.29) is 19.8 Å². The summed E-state index contributed by atoms with van der Waals surface area (Å²) < 4.78 is 21.2. The number of esters is 2. The summed E-state index contributed by atoms with van der Waals surface area (Å²) >= 11 is 0. The van der Waals surface area contributed by atoms with Crippen LogP contribution >= 0.6 is 0 Å². The molecule has 0 aliphatic rings. The lowest BCUT2D eigenvalue weighted by atomic mass is 9.94. The van der Waals surface area contributed by atoms with Gasteiger partial charge in [0.05, 0.1) is 6.61 Å². The van der Waals surface area contributed by atoms with Crippen LogP contribution in [0.15, 0.2) is 25.3 Å². The summed E-state index contributed by atoms with van der Waals surface area (Å²) in [6.45, 7) is 13.3. The molecule has 22 heavy (non-hydrogen) atoms. The van der Waals surface area contributed by atoms with Gasteiger partial charge in [-0.05, 0) is 6.42 Å². The van der Waals surface area contributed by atoms with Crippen LogP contribution < -0.4 is 0 Å². The fraction of sp³-hybridized carbons (Fsp3) is 0.625. The van der Waals surface area contributed by atoms with Crippen LogP contribution in [0.1, 0.15) is 27.2 Å². The Bertz CT molecular complexity index is 375. The molecule has 0 bridgehead atoms. The maximum absolute atomic E-state index is 11.2. The summed E-state index contributed by atoms with van der Waals surface area (Å²) in [6, 6.07) is 0. The first-order valence-electron chi connectivity index (χ1n) is 7.19. The van der Waals surface area contributed by atoms with Crippen molar-refractivity contribution >= 4 is 11.9 Å². The molecule has 1 atom stereocenters. The van der Waals surface area contributed by atoms with Gasteiger partial charge in [-0.15, -0.1) is 0 Å². The monoisotopic (exact) mass is 314 g/mol. The van der Waals surface area contributed by atoms with Gasteiger partial charge in [-0.3, -0.25) is 0 Å². The van der Waals surface area contributed by atoms with Crippen LogP contribution in [0.3, 0.4) is 0 Å². The van der Waals surface area contributed by atoms with Crippen molar-refractivity contribution < 1.29 is 28.5 Å². The lowest BCUT2D eigenvalue weighted by Gasteiger charge is -2.33. The van der Waals surface area contributed by atoms with E-state index >= 15 is 0 Å². The molecule has 0 radical (unpaired) electrons. The SMILES string of the molecule is C=CC(=O)OCCOC(OCCC)C(C)(C)COC(=O)C=C. The van der Waals surface area contributed by atoms with Gasteiger partial charge in [-0.1, -0.05) is 33.9 Å². The Balaban J connectivity index is 4.44. The summed E-state index contributed by atoms with van der Waals surface area (Å²) in [5.41, 5.74) is -0.559. The minimum Gasteiger partial charge on any atom is -0.462 e. The maximum atomic E-state index is 11.2. The van der Waals surface area contributed by atoms with Crippen LogP contribution in [0.25, 0.3) is 0 Å². The van der Waals surface area contributed by atoms with Gasteiger partial charge >= 0.3 is 11.9 Å². The molecule has 0 aromatic carbocycles. The predicted octanol–water partition coefficient (Wildman–Crippen LogP) is 2.24. The Hall–Kier alpha value is -1.66. The quantitative estimate of drug-likeness (QED) is 0.238. The summed E-state index contributed by atoms with van der Waals surface area (Å²) in [5, 5.41) is 0. The van der Waals surface area contributed by atoms with Gasteiger partial charge in [0, 0.05) is 24.2 Å². The first-order chi connectivity index (χ1) is 10.4. The van der Waals surface area contributed by atoms with E-state index in [4.69, 9.17) is 18.9 Å². The smallest absolute Gasteiger partial charge is 0.330 e. The molecule has 6 heteroatoms. The first kappa shape index (κ1) is 20.3. The molecule has 0 aliphatic carbocycles. The second-order valence-electron chi connectivity index (χ2n) is 5.25. The predicted molar refractivity (Wildman–Crippen MR) is 82.1 cm³/mol. The maximum Gasteiger partial charge on any atom is 0.330 e. The molecule has 0 aliphatic heterocycles. The molecule has 0 heterocycles. The van der Waals surface area contributed by atoms with Gasteiger partial charge in [0.1, 0.15) is 13.2 Å². The van der Waals surface area contributed by atoms with Gasteiger partial charge < -0.3 is 18.9 Å². The molecule has 0 spiro atoms. The van der Waals surface area contributed by atoms with Gasteiger partial charge in [-0.2, -0.15) is 0 Å². The molecule has 0 amide bonds. The molecular weight excluding hydrogens is 288 g/mol. The Labute approximate surface area is 132 Å². The Morgan fingerprint density at radius 1 is 1.00 bits per heavy atom. The summed E-state index contributed by atoms with van der Waals surface area (Å²) in [7, 11) is 0. The summed E-state index contributed by atoms with van der Waals surface area (Å²) in [5.74, 6) is -1.00. The van der Waals surface area contributed by atoms with Gasteiger partial charge in [-0.25, -0.2) is 9.59 Å². The number of hydrogen-bond donors (Lipinski definition) is 0. The summed E-state index contributed by atoms with van der Waals surface area (Å²) in [4.78, 5) is 22.1. The number of carbonyl (C=O) groups is 2.